The van der Waals surface area contributed by atoms with E-state index in [-0.39, 0.29) is 17.2 Å². The third-order valence-electron chi connectivity index (χ3n) is 5.75. The third kappa shape index (κ3) is 2.88. The van der Waals surface area contributed by atoms with E-state index in [1.807, 2.05) is 24.0 Å². The van der Waals surface area contributed by atoms with Crippen LogP contribution in [0.25, 0.3) is 5.69 Å². The summed E-state index contributed by atoms with van der Waals surface area (Å²) in [5.74, 6) is -0.968. The van der Waals surface area contributed by atoms with E-state index < -0.39 is 5.97 Å². The Labute approximate surface area is 156 Å². The van der Waals surface area contributed by atoms with Gasteiger partial charge in [0.25, 0.3) is 5.91 Å². The molecule has 0 radical (unpaired) electrons. The van der Waals surface area contributed by atoms with Crippen molar-refractivity contribution in [3.05, 3.63) is 46.7 Å². The van der Waals surface area contributed by atoms with Crippen molar-refractivity contribution in [1.82, 2.24) is 14.7 Å². The van der Waals surface area contributed by atoms with Gasteiger partial charge in [0.1, 0.15) is 0 Å². The van der Waals surface area contributed by atoms with Gasteiger partial charge in [-0.05, 0) is 55.9 Å². The van der Waals surface area contributed by atoms with Crippen molar-refractivity contribution in [3.63, 3.8) is 0 Å². The fourth-order valence-corrected chi connectivity index (χ4v) is 4.10. The normalized spacial score (nSPS) is 21.0. The highest BCUT2D eigenvalue weighted by molar-refractivity contribution is 6.30. The summed E-state index contributed by atoms with van der Waals surface area (Å²) < 4.78 is 1.69. The number of aromatic nitrogens is 2. The van der Waals surface area contributed by atoms with Crippen molar-refractivity contribution in [2.24, 2.45) is 11.3 Å². The highest BCUT2D eigenvalue weighted by Gasteiger charge is 2.59. The van der Waals surface area contributed by atoms with Crippen LogP contribution >= 0.6 is 11.6 Å². The molecule has 1 unspecified atom stereocenters. The second-order valence-electron chi connectivity index (χ2n) is 7.30. The Morgan fingerprint density at radius 2 is 1.88 bits per heavy atom. The molecule has 7 heteroatoms. The number of nitrogens with zero attached hydrogens (tertiary/aromatic N) is 3. The Morgan fingerprint density at radius 3 is 2.46 bits per heavy atom. The monoisotopic (exact) mass is 373 g/mol. The number of hydrogen-bond acceptors (Lipinski definition) is 3. The van der Waals surface area contributed by atoms with Crippen molar-refractivity contribution in [2.75, 3.05) is 13.1 Å². The summed E-state index contributed by atoms with van der Waals surface area (Å²) in [6.07, 6.45) is 4.03. The summed E-state index contributed by atoms with van der Waals surface area (Å²) >= 11 is 5.92. The third-order valence-corrected chi connectivity index (χ3v) is 6.01. The lowest BCUT2D eigenvalue weighted by atomic mass is 9.90. The molecule has 1 amide bonds. The predicted molar refractivity (Wildman–Crippen MR) is 96.6 cm³/mol. The predicted octanol–water partition coefficient (Wildman–Crippen LogP) is 3.16. The lowest BCUT2D eigenvalue weighted by molar-refractivity contribution is -0.139. The number of carbonyl (C=O) groups excluding carboxylic acids is 1. The van der Waals surface area contributed by atoms with Crippen LogP contribution in [0.3, 0.4) is 0 Å². The minimum Gasteiger partial charge on any atom is -0.481 e. The van der Waals surface area contributed by atoms with Crippen LogP contribution in [0.5, 0.6) is 0 Å². The smallest absolute Gasteiger partial charge is 0.307 e. The lowest BCUT2D eigenvalue weighted by Gasteiger charge is -2.32. The number of carbonyl (C=O) groups is 2. The Morgan fingerprint density at radius 1 is 1.23 bits per heavy atom. The minimum atomic E-state index is -0.704. The maximum absolute atomic E-state index is 12.9. The molecular weight excluding hydrogens is 354 g/mol. The molecular formula is C19H20ClN3O3. The molecule has 2 aliphatic rings. The number of benzene rings is 1. The molecule has 4 rings (SSSR count). The van der Waals surface area contributed by atoms with Crippen LogP contribution in [-0.4, -0.2) is 44.8 Å². The number of aliphatic carboxylic acids is 1. The highest BCUT2D eigenvalue weighted by Crippen LogP contribution is 2.59. The fraction of sp³-hybridized carbons (Fsp3) is 0.421. The van der Waals surface area contributed by atoms with Gasteiger partial charge in [-0.2, -0.15) is 5.10 Å². The number of amides is 1. The van der Waals surface area contributed by atoms with Gasteiger partial charge in [0, 0.05) is 24.3 Å². The van der Waals surface area contributed by atoms with Crippen LogP contribution in [-0.2, 0) is 4.79 Å². The second-order valence-corrected chi connectivity index (χ2v) is 7.74. The SMILES string of the molecule is Cc1nn(-c2ccc(Cl)cc2)cc1C(=O)N1CCC2(CC1)CC2C(=O)O. The molecule has 6 nitrogen and oxygen atoms in total. The topological polar surface area (TPSA) is 75.4 Å². The van der Waals surface area contributed by atoms with Crippen LogP contribution in [0.4, 0.5) is 0 Å². The number of piperidine rings is 1. The molecule has 1 saturated carbocycles. The van der Waals surface area contributed by atoms with Gasteiger partial charge in [0.15, 0.2) is 0 Å². The quantitative estimate of drug-likeness (QED) is 0.896. The Balaban J connectivity index is 1.48. The van der Waals surface area contributed by atoms with Gasteiger partial charge >= 0.3 is 5.97 Å². The molecule has 2 aromatic rings. The number of rotatable bonds is 3. The first-order valence-corrected chi connectivity index (χ1v) is 9.12. The number of likely N-dealkylation sites (tertiary alicyclic amines) is 1. The van der Waals surface area contributed by atoms with Crippen molar-refractivity contribution in [1.29, 1.82) is 0 Å². The molecule has 1 atom stereocenters. The first kappa shape index (κ1) is 17.1. The Kier molecular flexibility index (Phi) is 4.03. The molecule has 1 spiro atoms. The summed E-state index contributed by atoms with van der Waals surface area (Å²) in [4.78, 5) is 25.9. The zero-order valence-corrected chi connectivity index (χ0v) is 15.2. The zero-order valence-electron chi connectivity index (χ0n) is 14.5. The maximum atomic E-state index is 12.9. The summed E-state index contributed by atoms with van der Waals surface area (Å²) in [7, 11) is 0. The van der Waals surface area contributed by atoms with Gasteiger partial charge in [0.05, 0.1) is 22.9 Å². The van der Waals surface area contributed by atoms with Gasteiger partial charge in [-0.3, -0.25) is 9.59 Å². The standard InChI is InChI=1S/C19H20ClN3O3/c1-12-15(11-23(21-12)14-4-2-13(20)3-5-14)17(24)22-8-6-19(7-9-22)10-16(19)18(25)26/h2-5,11,16H,6-10H2,1H3,(H,25,26). The summed E-state index contributed by atoms with van der Waals surface area (Å²) in [5.41, 5.74) is 2.03. The first-order valence-electron chi connectivity index (χ1n) is 8.74. The van der Waals surface area contributed by atoms with Crippen LogP contribution < -0.4 is 0 Å². The van der Waals surface area contributed by atoms with Crippen molar-refractivity contribution < 1.29 is 14.7 Å². The number of carboxylic acid groups (broad SMARTS) is 1. The van der Waals surface area contributed by atoms with Crippen molar-refractivity contribution >= 4 is 23.5 Å². The summed E-state index contributed by atoms with van der Waals surface area (Å²) in [5, 5.41) is 14.3. The van der Waals surface area contributed by atoms with E-state index in [1.165, 1.54) is 0 Å². The molecule has 0 bridgehead atoms. The van der Waals surface area contributed by atoms with E-state index in [9.17, 15) is 14.7 Å². The van der Waals surface area contributed by atoms with Gasteiger partial charge in [0.2, 0.25) is 0 Å². The van der Waals surface area contributed by atoms with Crippen LogP contribution in [0, 0.1) is 18.3 Å². The number of carboxylic acids is 1. The van der Waals surface area contributed by atoms with Crippen molar-refractivity contribution in [3.8, 4) is 5.69 Å². The molecule has 26 heavy (non-hydrogen) atoms. The minimum absolute atomic E-state index is 0.0370. The maximum Gasteiger partial charge on any atom is 0.307 e. The van der Waals surface area contributed by atoms with E-state index in [2.05, 4.69) is 5.10 Å². The molecule has 1 aromatic heterocycles. The van der Waals surface area contributed by atoms with E-state index in [0.717, 1.165) is 24.9 Å². The lowest BCUT2D eigenvalue weighted by Crippen LogP contribution is -2.40. The van der Waals surface area contributed by atoms with Crippen molar-refractivity contribution in [2.45, 2.75) is 26.2 Å². The molecule has 1 aromatic carbocycles. The molecule has 1 N–H and O–H groups in total. The second kappa shape index (κ2) is 6.13. The van der Waals surface area contributed by atoms with Gasteiger partial charge in [-0.25, -0.2) is 4.68 Å². The van der Waals surface area contributed by atoms with Crippen LogP contribution in [0.15, 0.2) is 30.5 Å². The zero-order chi connectivity index (χ0) is 18.5. The number of aryl methyl sites for hydroxylation is 1. The molecule has 1 saturated heterocycles. The van der Waals surface area contributed by atoms with E-state index in [0.29, 0.717) is 29.4 Å². The number of hydrogen-bond donors (Lipinski definition) is 1. The van der Waals surface area contributed by atoms with Gasteiger partial charge < -0.3 is 10.0 Å². The van der Waals surface area contributed by atoms with E-state index >= 15 is 0 Å². The molecule has 136 valence electrons. The number of halogens is 1. The largest absolute Gasteiger partial charge is 0.481 e. The summed E-state index contributed by atoms with van der Waals surface area (Å²) in [6.45, 7) is 3.04. The van der Waals surface area contributed by atoms with Crippen LogP contribution in [0.1, 0.15) is 35.3 Å². The summed E-state index contributed by atoms with van der Waals surface area (Å²) in [6, 6.07) is 7.28. The van der Waals surface area contributed by atoms with Gasteiger partial charge in [-0.1, -0.05) is 11.6 Å². The van der Waals surface area contributed by atoms with Gasteiger partial charge in [-0.15, -0.1) is 0 Å². The van der Waals surface area contributed by atoms with E-state index in [1.54, 1.807) is 23.0 Å². The molecule has 2 heterocycles. The first-order chi connectivity index (χ1) is 12.4. The molecule has 1 aliphatic carbocycles. The highest BCUT2D eigenvalue weighted by atomic mass is 35.5. The molecule has 1 aliphatic heterocycles. The molecule has 2 fully saturated rings. The average Bonchev–Trinajstić information content (AvgIpc) is 3.19. The average molecular weight is 374 g/mol. The Bertz CT molecular complexity index is 867. The van der Waals surface area contributed by atoms with Crippen LogP contribution in [0.2, 0.25) is 5.02 Å². The fourth-order valence-electron chi connectivity index (χ4n) is 3.97. The van der Waals surface area contributed by atoms with E-state index in [4.69, 9.17) is 11.6 Å². The Hall–Kier alpha value is -2.34.